The quantitative estimate of drug-likeness (QED) is 0.847. The van der Waals surface area contributed by atoms with Crippen LogP contribution in [-0.2, 0) is 6.54 Å². The molecule has 2 rings (SSSR count). The maximum Gasteiger partial charge on any atom is 0.280 e. The van der Waals surface area contributed by atoms with Gasteiger partial charge in [-0.05, 0) is 12.1 Å². The smallest absolute Gasteiger partial charge is 0.280 e. The van der Waals surface area contributed by atoms with Gasteiger partial charge < -0.3 is 5.73 Å². The average molecular weight is 225 g/mol. The minimum absolute atomic E-state index is 0.0138. The molecule has 2 N–H and O–H groups in total. The third-order valence-corrected chi connectivity index (χ3v) is 2.09. The van der Waals surface area contributed by atoms with Crippen LogP contribution in [0, 0.1) is 0 Å². The molecule has 0 aromatic carbocycles. The van der Waals surface area contributed by atoms with Gasteiger partial charge in [-0.2, -0.15) is 10.2 Å². The molecule has 5 nitrogen and oxygen atoms in total. The Labute approximate surface area is 89.9 Å². The van der Waals surface area contributed by atoms with Gasteiger partial charge in [0.25, 0.3) is 6.43 Å². The minimum Gasteiger partial charge on any atom is -0.326 e. The number of nitrogens with zero attached hydrogens (tertiary/aromatic N) is 4. The Balaban J connectivity index is 2.53. The van der Waals surface area contributed by atoms with Crippen LogP contribution in [0.25, 0.3) is 5.82 Å². The third kappa shape index (κ3) is 1.76. The summed E-state index contributed by atoms with van der Waals surface area (Å²) in [6, 6.07) is 3.15. The van der Waals surface area contributed by atoms with E-state index >= 15 is 0 Å². The van der Waals surface area contributed by atoms with Crippen LogP contribution in [0.3, 0.4) is 0 Å². The zero-order valence-corrected chi connectivity index (χ0v) is 8.22. The molecule has 0 aliphatic rings. The Hall–Kier alpha value is -1.89. The van der Waals surface area contributed by atoms with Crippen LogP contribution in [0.5, 0.6) is 0 Å². The lowest BCUT2D eigenvalue weighted by atomic mass is 10.2. The molecule has 2 heterocycles. The van der Waals surface area contributed by atoms with Crippen molar-refractivity contribution in [2.45, 2.75) is 13.0 Å². The molecule has 0 saturated heterocycles. The first-order valence-corrected chi connectivity index (χ1v) is 4.57. The van der Waals surface area contributed by atoms with E-state index in [1.165, 1.54) is 12.4 Å². The molecule has 0 aliphatic heterocycles. The van der Waals surface area contributed by atoms with Gasteiger partial charge in [-0.1, -0.05) is 0 Å². The van der Waals surface area contributed by atoms with Crippen molar-refractivity contribution in [3.63, 3.8) is 0 Å². The van der Waals surface area contributed by atoms with Gasteiger partial charge in [-0.25, -0.2) is 13.5 Å². The van der Waals surface area contributed by atoms with Gasteiger partial charge in [0.2, 0.25) is 0 Å². The summed E-state index contributed by atoms with van der Waals surface area (Å²) >= 11 is 0. The summed E-state index contributed by atoms with van der Waals surface area (Å²) < 4.78 is 26.7. The van der Waals surface area contributed by atoms with Crippen LogP contribution < -0.4 is 5.73 Å². The van der Waals surface area contributed by atoms with E-state index in [9.17, 15) is 8.78 Å². The third-order valence-electron chi connectivity index (χ3n) is 2.09. The lowest BCUT2D eigenvalue weighted by molar-refractivity contribution is 0.141. The van der Waals surface area contributed by atoms with Gasteiger partial charge in [0.15, 0.2) is 5.82 Å². The van der Waals surface area contributed by atoms with Crippen molar-refractivity contribution in [3.05, 3.63) is 35.8 Å². The molecule has 0 saturated carbocycles. The maximum absolute atomic E-state index is 12.8. The van der Waals surface area contributed by atoms with Crippen molar-refractivity contribution in [1.29, 1.82) is 0 Å². The molecule has 0 bridgehead atoms. The van der Waals surface area contributed by atoms with E-state index in [0.29, 0.717) is 5.56 Å². The highest BCUT2D eigenvalue weighted by Crippen LogP contribution is 2.24. The lowest BCUT2D eigenvalue weighted by Crippen LogP contribution is -2.08. The van der Waals surface area contributed by atoms with Crippen molar-refractivity contribution < 1.29 is 8.78 Å². The molecule has 0 spiro atoms. The second-order valence-electron chi connectivity index (χ2n) is 3.05. The predicted octanol–water partition coefficient (Wildman–Crippen LogP) is 1.06. The predicted molar refractivity (Wildman–Crippen MR) is 52.0 cm³/mol. The SMILES string of the molecule is NCc1cnn(-c2cccnn2)c1C(F)F. The van der Waals surface area contributed by atoms with Crippen LogP contribution in [0.1, 0.15) is 17.7 Å². The molecule has 84 valence electrons. The fourth-order valence-corrected chi connectivity index (χ4v) is 1.37. The normalized spacial score (nSPS) is 11.0. The maximum atomic E-state index is 12.8. The fraction of sp³-hybridized carbons (Fsp3) is 0.222. The van der Waals surface area contributed by atoms with Crippen LogP contribution in [0.4, 0.5) is 8.78 Å². The van der Waals surface area contributed by atoms with E-state index in [0.717, 1.165) is 4.68 Å². The Bertz CT molecular complexity index is 468. The zero-order chi connectivity index (χ0) is 11.5. The Morgan fingerprint density at radius 3 is 2.81 bits per heavy atom. The van der Waals surface area contributed by atoms with Crippen molar-refractivity contribution in [1.82, 2.24) is 20.0 Å². The number of rotatable bonds is 3. The molecule has 2 aromatic heterocycles. The molecule has 0 aliphatic carbocycles. The van der Waals surface area contributed by atoms with E-state index < -0.39 is 6.43 Å². The molecular weight excluding hydrogens is 216 g/mol. The molecule has 16 heavy (non-hydrogen) atoms. The first-order chi connectivity index (χ1) is 7.74. The summed E-state index contributed by atoms with van der Waals surface area (Å²) in [6.45, 7) is 0.0138. The van der Waals surface area contributed by atoms with Gasteiger partial charge in [0, 0.05) is 18.3 Å². The molecule has 2 aromatic rings. The minimum atomic E-state index is -2.65. The van der Waals surface area contributed by atoms with E-state index in [-0.39, 0.29) is 18.1 Å². The van der Waals surface area contributed by atoms with E-state index in [4.69, 9.17) is 5.73 Å². The molecule has 0 unspecified atom stereocenters. The summed E-state index contributed by atoms with van der Waals surface area (Å²) in [5.74, 6) is 0.248. The highest BCUT2D eigenvalue weighted by molar-refractivity contribution is 5.28. The second-order valence-corrected chi connectivity index (χ2v) is 3.05. The number of halogens is 2. The Morgan fingerprint density at radius 2 is 2.25 bits per heavy atom. The summed E-state index contributed by atoms with van der Waals surface area (Å²) in [4.78, 5) is 0. The van der Waals surface area contributed by atoms with E-state index in [1.54, 1.807) is 12.1 Å². The number of hydrogen-bond donors (Lipinski definition) is 1. The van der Waals surface area contributed by atoms with Gasteiger partial charge in [-0.3, -0.25) is 0 Å². The fourth-order valence-electron chi connectivity index (χ4n) is 1.37. The Kier molecular flexibility index (Phi) is 2.86. The van der Waals surface area contributed by atoms with Crippen molar-refractivity contribution in [2.24, 2.45) is 5.73 Å². The summed E-state index contributed by atoms with van der Waals surface area (Å²) in [6.07, 6.45) is 0.123. The molecular formula is C9H9F2N5. The van der Waals surface area contributed by atoms with E-state index in [1.807, 2.05) is 0 Å². The summed E-state index contributed by atoms with van der Waals surface area (Å²) in [7, 11) is 0. The lowest BCUT2D eigenvalue weighted by Gasteiger charge is -2.06. The monoisotopic (exact) mass is 225 g/mol. The second kappa shape index (κ2) is 4.31. The van der Waals surface area contributed by atoms with Crippen molar-refractivity contribution in [3.8, 4) is 5.82 Å². The largest absolute Gasteiger partial charge is 0.326 e. The van der Waals surface area contributed by atoms with Crippen LogP contribution in [0.15, 0.2) is 24.5 Å². The topological polar surface area (TPSA) is 69.6 Å². The summed E-state index contributed by atoms with van der Waals surface area (Å²) in [5.41, 5.74) is 5.43. The molecule has 0 amide bonds. The molecule has 0 fully saturated rings. The molecule has 0 atom stereocenters. The van der Waals surface area contributed by atoms with Crippen LogP contribution >= 0.6 is 0 Å². The van der Waals surface area contributed by atoms with Crippen LogP contribution in [0.2, 0.25) is 0 Å². The van der Waals surface area contributed by atoms with Gasteiger partial charge in [0.1, 0.15) is 5.69 Å². The number of aromatic nitrogens is 4. The highest BCUT2D eigenvalue weighted by Gasteiger charge is 2.20. The number of nitrogens with two attached hydrogens (primary N) is 1. The number of alkyl halides is 2. The van der Waals surface area contributed by atoms with Crippen molar-refractivity contribution >= 4 is 0 Å². The zero-order valence-electron chi connectivity index (χ0n) is 8.22. The van der Waals surface area contributed by atoms with Crippen LogP contribution in [-0.4, -0.2) is 20.0 Å². The first-order valence-electron chi connectivity index (χ1n) is 4.57. The first kappa shape index (κ1) is 10.6. The summed E-state index contributed by atoms with van der Waals surface area (Å²) in [5, 5.41) is 11.2. The highest BCUT2D eigenvalue weighted by atomic mass is 19.3. The average Bonchev–Trinajstić information content (AvgIpc) is 2.73. The van der Waals surface area contributed by atoms with Gasteiger partial charge in [-0.15, -0.1) is 5.10 Å². The van der Waals surface area contributed by atoms with Gasteiger partial charge in [0.05, 0.1) is 6.20 Å². The molecule has 0 radical (unpaired) electrons. The molecule has 7 heteroatoms. The number of hydrogen-bond acceptors (Lipinski definition) is 4. The van der Waals surface area contributed by atoms with E-state index in [2.05, 4.69) is 15.3 Å². The van der Waals surface area contributed by atoms with Crippen molar-refractivity contribution in [2.75, 3.05) is 0 Å². The standard InChI is InChI=1S/C9H9F2N5/c10-9(11)8-6(4-12)5-14-16(8)7-2-1-3-13-15-7/h1-3,5,9H,4,12H2. The van der Waals surface area contributed by atoms with Gasteiger partial charge >= 0.3 is 0 Å². The Morgan fingerprint density at radius 1 is 1.44 bits per heavy atom.